The maximum Gasteiger partial charge on any atom is 0.0979 e. The number of halogens is 2. The van der Waals surface area contributed by atoms with Crippen molar-refractivity contribution in [3.05, 3.63) is 27.7 Å². The Kier molecular flexibility index (Phi) is 2.18. The summed E-state index contributed by atoms with van der Waals surface area (Å²) in [6.07, 6.45) is 0. The van der Waals surface area contributed by atoms with Crippen LogP contribution in [0.2, 0.25) is 10.0 Å². The van der Waals surface area contributed by atoms with Crippen molar-refractivity contribution >= 4 is 34.7 Å². The van der Waals surface area contributed by atoms with Crippen LogP contribution in [-0.4, -0.2) is 5.84 Å². The first-order valence-electron chi connectivity index (χ1n) is 3.93. The van der Waals surface area contributed by atoms with E-state index < -0.39 is 0 Å². The van der Waals surface area contributed by atoms with Crippen LogP contribution in [0.1, 0.15) is 12.5 Å². The van der Waals surface area contributed by atoms with Crippen molar-refractivity contribution in [2.75, 3.05) is 5.32 Å². The number of hydrogen-bond donors (Lipinski definition) is 1. The summed E-state index contributed by atoms with van der Waals surface area (Å²) in [7, 11) is 0. The summed E-state index contributed by atoms with van der Waals surface area (Å²) < 4.78 is 0. The molecule has 0 bridgehead atoms. The molecule has 1 aliphatic heterocycles. The van der Waals surface area contributed by atoms with Gasteiger partial charge in [-0.15, -0.1) is 0 Å². The molecule has 1 aliphatic rings. The molecule has 1 aromatic carbocycles. The molecule has 0 aliphatic carbocycles. The largest absolute Gasteiger partial charge is 0.344 e. The van der Waals surface area contributed by atoms with Gasteiger partial charge in [-0.1, -0.05) is 23.2 Å². The zero-order chi connectivity index (χ0) is 9.42. The van der Waals surface area contributed by atoms with Gasteiger partial charge in [0.1, 0.15) is 0 Å². The normalized spacial score (nSPS) is 14.5. The molecule has 0 amide bonds. The molecule has 0 atom stereocenters. The summed E-state index contributed by atoms with van der Waals surface area (Å²) in [6.45, 7) is 2.53. The fourth-order valence-electron chi connectivity index (χ4n) is 1.30. The maximum atomic E-state index is 6.02. The van der Waals surface area contributed by atoms with Gasteiger partial charge < -0.3 is 5.32 Å². The Morgan fingerprint density at radius 3 is 2.92 bits per heavy atom. The van der Waals surface area contributed by atoms with Crippen LogP contribution in [0.25, 0.3) is 0 Å². The Labute approximate surface area is 86.6 Å². The van der Waals surface area contributed by atoms with Gasteiger partial charge in [0.15, 0.2) is 0 Å². The molecule has 68 valence electrons. The average Bonchev–Trinajstić information content (AvgIpc) is 2.12. The monoisotopic (exact) mass is 214 g/mol. The lowest BCUT2D eigenvalue weighted by Crippen LogP contribution is -2.14. The lowest BCUT2D eigenvalue weighted by atomic mass is 10.1. The van der Waals surface area contributed by atoms with Crippen LogP contribution in [0, 0.1) is 0 Å². The summed E-state index contributed by atoms with van der Waals surface area (Å²) in [5.74, 6) is 0.908. The second kappa shape index (κ2) is 3.20. The molecule has 0 aromatic heterocycles. The first kappa shape index (κ1) is 8.85. The Hall–Kier alpha value is -0.730. The lowest BCUT2D eigenvalue weighted by Gasteiger charge is -2.17. The molecule has 13 heavy (non-hydrogen) atoms. The van der Waals surface area contributed by atoms with E-state index >= 15 is 0 Å². The van der Waals surface area contributed by atoms with Crippen molar-refractivity contribution in [2.45, 2.75) is 13.5 Å². The highest BCUT2D eigenvalue weighted by atomic mass is 35.5. The fraction of sp³-hybridized carbons (Fsp3) is 0.222. The SMILES string of the molecule is CC1=NCc2c(ccc(Cl)c2Cl)N1. The third kappa shape index (κ3) is 1.52. The van der Waals surface area contributed by atoms with Gasteiger partial charge in [0.2, 0.25) is 0 Å². The Morgan fingerprint density at radius 2 is 2.15 bits per heavy atom. The van der Waals surface area contributed by atoms with Gasteiger partial charge in [0.25, 0.3) is 0 Å². The second-order valence-electron chi connectivity index (χ2n) is 2.91. The molecule has 0 unspecified atom stereocenters. The molecule has 1 N–H and O–H groups in total. The van der Waals surface area contributed by atoms with Crippen LogP contribution in [0.3, 0.4) is 0 Å². The molecule has 0 saturated heterocycles. The number of nitrogens with zero attached hydrogens (tertiary/aromatic N) is 1. The molecule has 2 nitrogen and oxygen atoms in total. The standard InChI is InChI=1S/C9H8Cl2N2/c1-5-12-4-6-8(13-5)3-2-7(10)9(6)11/h2-3H,4H2,1H3,(H,12,13). The highest BCUT2D eigenvalue weighted by Crippen LogP contribution is 2.33. The number of benzene rings is 1. The van der Waals surface area contributed by atoms with Crippen molar-refractivity contribution in [1.82, 2.24) is 0 Å². The van der Waals surface area contributed by atoms with Crippen molar-refractivity contribution < 1.29 is 0 Å². The molecule has 2 rings (SSSR count). The van der Waals surface area contributed by atoms with E-state index in [0.717, 1.165) is 17.1 Å². The quantitative estimate of drug-likeness (QED) is 0.705. The molecule has 0 spiro atoms. The molecule has 0 fully saturated rings. The third-order valence-corrected chi connectivity index (χ3v) is 2.83. The Bertz CT molecular complexity index is 385. The summed E-state index contributed by atoms with van der Waals surface area (Å²) >= 11 is 11.9. The van der Waals surface area contributed by atoms with Crippen LogP contribution in [0.5, 0.6) is 0 Å². The van der Waals surface area contributed by atoms with Gasteiger partial charge in [-0.25, -0.2) is 0 Å². The van der Waals surface area contributed by atoms with E-state index in [9.17, 15) is 0 Å². The van der Waals surface area contributed by atoms with Gasteiger partial charge in [0, 0.05) is 11.3 Å². The zero-order valence-corrected chi connectivity index (χ0v) is 8.58. The van der Waals surface area contributed by atoms with Crippen LogP contribution >= 0.6 is 23.2 Å². The number of fused-ring (bicyclic) bond motifs is 1. The van der Waals surface area contributed by atoms with Crippen LogP contribution in [0.15, 0.2) is 17.1 Å². The molecular formula is C9H8Cl2N2. The van der Waals surface area contributed by atoms with Gasteiger partial charge in [-0.2, -0.15) is 0 Å². The molecule has 0 radical (unpaired) electrons. The third-order valence-electron chi connectivity index (χ3n) is 1.99. The smallest absolute Gasteiger partial charge is 0.0979 e. The van der Waals surface area contributed by atoms with E-state index in [1.54, 1.807) is 6.07 Å². The first-order valence-corrected chi connectivity index (χ1v) is 4.69. The molecule has 1 aromatic rings. The van der Waals surface area contributed by atoms with Crippen LogP contribution < -0.4 is 5.32 Å². The lowest BCUT2D eigenvalue weighted by molar-refractivity contribution is 1.04. The van der Waals surface area contributed by atoms with Crippen molar-refractivity contribution in [1.29, 1.82) is 0 Å². The van der Waals surface area contributed by atoms with E-state index in [0.29, 0.717) is 16.6 Å². The number of hydrogen-bond acceptors (Lipinski definition) is 2. The number of anilines is 1. The van der Waals surface area contributed by atoms with Gasteiger partial charge in [-0.05, 0) is 19.1 Å². The minimum atomic E-state index is 0.581. The summed E-state index contributed by atoms with van der Waals surface area (Å²) in [5.41, 5.74) is 1.97. The number of nitrogens with one attached hydrogen (secondary N) is 1. The van der Waals surface area contributed by atoms with E-state index in [-0.39, 0.29) is 0 Å². The topological polar surface area (TPSA) is 24.4 Å². The predicted octanol–water partition coefficient (Wildman–Crippen LogP) is 3.34. The molecule has 4 heteroatoms. The van der Waals surface area contributed by atoms with Crippen molar-refractivity contribution in [3.63, 3.8) is 0 Å². The predicted molar refractivity (Wildman–Crippen MR) is 56.9 cm³/mol. The van der Waals surface area contributed by atoms with Crippen LogP contribution in [-0.2, 0) is 6.54 Å². The summed E-state index contributed by atoms with van der Waals surface area (Å²) in [6, 6.07) is 3.70. The Balaban J connectivity index is 2.53. The second-order valence-corrected chi connectivity index (χ2v) is 3.70. The first-order chi connectivity index (χ1) is 6.18. The van der Waals surface area contributed by atoms with E-state index in [4.69, 9.17) is 23.2 Å². The molecule has 1 heterocycles. The zero-order valence-electron chi connectivity index (χ0n) is 7.06. The number of aliphatic imine (C=N–C) groups is 1. The van der Waals surface area contributed by atoms with E-state index in [1.807, 2.05) is 13.0 Å². The van der Waals surface area contributed by atoms with E-state index in [1.165, 1.54) is 0 Å². The average molecular weight is 215 g/mol. The highest BCUT2D eigenvalue weighted by Gasteiger charge is 2.13. The molecule has 0 saturated carbocycles. The summed E-state index contributed by atoms with van der Waals surface area (Å²) in [4.78, 5) is 4.24. The van der Waals surface area contributed by atoms with Gasteiger partial charge in [0.05, 0.1) is 22.4 Å². The van der Waals surface area contributed by atoms with Crippen molar-refractivity contribution in [3.8, 4) is 0 Å². The van der Waals surface area contributed by atoms with Gasteiger partial charge in [-0.3, -0.25) is 4.99 Å². The van der Waals surface area contributed by atoms with E-state index in [2.05, 4.69) is 10.3 Å². The Morgan fingerprint density at radius 1 is 1.38 bits per heavy atom. The number of rotatable bonds is 0. The molecular weight excluding hydrogens is 207 g/mol. The fourth-order valence-corrected chi connectivity index (χ4v) is 1.70. The highest BCUT2D eigenvalue weighted by molar-refractivity contribution is 6.42. The van der Waals surface area contributed by atoms with Gasteiger partial charge >= 0.3 is 0 Å². The van der Waals surface area contributed by atoms with Crippen molar-refractivity contribution in [2.24, 2.45) is 4.99 Å². The summed E-state index contributed by atoms with van der Waals surface area (Å²) in [5, 5.41) is 4.32. The number of amidine groups is 1. The maximum absolute atomic E-state index is 6.02. The minimum absolute atomic E-state index is 0.581. The van der Waals surface area contributed by atoms with Crippen LogP contribution in [0.4, 0.5) is 5.69 Å². The minimum Gasteiger partial charge on any atom is -0.344 e.